The highest BCUT2D eigenvalue weighted by molar-refractivity contribution is 7.86. The van der Waals surface area contributed by atoms with Gasteiger partial charge in [-0.25, -0.2) is 4.21 Å². The van der Waals surface area contributed by atoms with E-state index in [0.29, 0.717) is 31.3 Å². The maximum absolute atomic E-state index is 12.2. The molecule has 1 aromatic carbocycles. The molecule has 0 aliphatic heterocycles. The molecular weight excluding hydrogens is 327 g/mol. The highest BCUT2D eigenvalue weighted by Crippen LogP contribution is 2.25. The van der Waals surface area contributed by atoms with Crippen LogP contribution < -0.4 is 4.72 Å². The number of hydrogen-bond donors (Lipinski definition) is 1. The van der Waals surface area contributed by atoms with Crippen LogP contribution in [-0.2, 0) is 11.0 Å². The molecule has 19 heavy (non-hydrogen) atoms. The SMILES string of the molecule is Cc1ncc(Cl)cc1NS(=O)c1ccc(Cl)c(Cl)c1. The normalized spacial score (nSPS) is 12.2. The molecule has 0 aliphatic carbocycles. The van der Waals surface area contributed by atoms with Crippen molar-refractivity contribution in [3.05, 3.63) is 51.2 Å². The minimum absolute atomic E-state index is 0.357. The van der Waals surface area contributed by atoms with Crippen molar-refractivity contribution in [2.24, 2.45) is 0 Å². The van der Waals surface area contributed by atoms with E-state index >= 15 is 0 Å². The van der Waals surface area contributed by atoms with E-state index in [2.05, 4.69) is 9.71 Å². The smallest absolute Gasteiger partial charge is 0.150 e. The van der Waals surface area contributed by atoms with Gasteiger partial charge in [-0.15, -0.1) is 0 Å². The first-order valence-electron chi connectivity index (χ1n) is 5.23. The zero-order chi connectivity index (χ0) is 14.0. The molecule has 0 amide bonds. The third-order valence-electron chi connectivity index (χ3n) is 2.36. The molecule has 0 radical (unpaired) electrons. The molecule has 100 valence electrons. The van der Waals surface area contributed by atoms with Gasteiger partial charge >= 0.3 is 0 Å². The number of hydrogen-bond acceptors (Lipinski definition) is 2. The van der Waals surface area contributed by atoms with Crippen LogP contribution in [0.25, 0.3) is 0 Å². The second kappa shape index (κ2) is 6.09. The van der Waals surface area contributed by atoms with E-state index in [9.17, 15) is 4.21 Å². The molecule has 1 heterocycles. The molecule has 2 rings (SSSR count). The van der Waals surface area contributed by atoms with Crippen LogP contribution in [0.5, 0.6) is 0 Å². The molecule has 0 bridgehead atoms. The van der Waals surface area contributed by atoms with Crippen LogP contribution in [0.3, 0.4) is 0 Å². The molecule has 0 saturated carbocycles. The first-order valence-corrected chi connectivity index (χ1v) is 7.51. The Balaban J connectivity index is 2.25. The Morgan fingerprint density at radius 3 is 2.58 bits per heavy atom. The first kappa shape index (κ1) is 14.6. The Kier molecular flexibility index (Phi) is 4.68. The highest BCUT2D eigenvalue weighted by atomic mass is 35.5. The van der Waals surface area contributed by atoms with Crippen LogP contribution >= 0.6 is 34.8 Å². The zero-order valence-corrected chi connectivity index (χ0v) is 12.9. The van der Waals surface area contributed by atoms with Gasteiger partial charge in [0.05, 0.1) is 31.3 Å². The number of nitrogens with one attached hydrogen (secondary N) is 1. The Hall–Kier alpha value is -0.810. The summed E-state index contributed by atoms with van der Waals surface area (Å²) in [5.74, 6) is 0. The minimum Gasteiger partial charge on any atom is -0.299 e. The van der Waals surface area contributed by atoms with Gasteiger partial charge < -0.3 is 0 Å². The molecule has 2 aromatic rings. The summed E-state index contributed by atoms with van der Waals surface area (Å²) in [5, 5.41) is 1.25. The van der Waals surface area contributed by atoms with Crippen molar-refractivity contribution in [1.29, 1.82) is 0 Å². The van der Waals surface area contributed by atoms with Crippen LogP contribution in [0, 0.1) is 6.92 Å². The van der Waals surface area contributed by atoms with E-state index in [1.807, 2.05) is 0 Å². The molecule has 0 saturated heterocycles. The van der Waals surface area contributed by atoms with E-state index in [0.717, 1.165) is 0 Å². The van der Waals surface area contributed by atoms with E-state index in [4.69, 9.17) is 34.8 Å². The number of halogens is 3. The number of rotatable bonds is 3. The molecule has 0 aliphatic rings. The lowest BCUT2D eigenvalue weighted by molar-refractivity contribution is 0.686. The lowest BCUT2D eigenvalue weighted by Gasteiger charge is -2.09. The standard InChI is InChI=1S/C12H9Cl3N2OS/c1-7-12(4-8(13)6-16-7)17-19(18)9-2-3-10(14)11(15)5-9/h2-6,17H,1H3. The van der Waals surface area contributed by atoms with E-state index in [1.165, 1.54) is 6.20 Å². The van der Waals surface area contributed by atoms with Crippen LogP contribution in [0.4, 0.5) is 5.69 Å². The summed E-state index contributed by atoms with van der Waals surface area (Å²) in [4.78, 5) is 4.60. The summed E-state index contributed by atoms with van der Waals surface area (Å²) in [5.41, 5.74) is 1.31. The molecule has 1 atom stereocenters. The van der Waals surface area contributed by atoms with Crippen LogP contribution in [-0.4, -0.2) is 9.19 Å². The van der Waals surface area contributed by atoms with Gasteiger partial charge in [0.2, 0.25) is 0 Å². The predicted octanol–water partition coefficient (Wildman–Crippen LogP) is 4.48. The fourth-order valence-corrected chi connectivity index (χ4v) is 2.82. The van der Waals surface area contributed by atoms with Crippen molar-refractivity contribution in [2.75, 3.05) is 4.72 Å². The average Bonchev–Trinajstić information content (AvgIpc) is 2.37. The highest BCUT2D eigenvalue weighted by Gasteiger charge is 2.09. The van der Waals surface area contributed by atoms with Gasteiger partial charge in [-0.3, -0.25) is 9.71 Å². The van der Waals surface area contributed by atoms with Gasteiger partial charge in [0.25, 0.3) is 0 Å². The van der Waals surface area contributed by atoms with Crippen LogP contribution in [0.15, 0.2) is 35.4 Å². The Labute approximate surface area is 128 Å². The van der Waals surface area contributed by atoms with Crippen molar-refractivity contribution < 1.29 is 4.21 Å². The number of aromatic nitrogens is 1. The third kappa shape index (κ3) is 3.60. The summed E-state index contributed by atoms with van der Waals surface area (Å²) < 4.78 is 15.0. The lowest BCUT2D eigenvalue weighted by atomic mass is 10.3. The molecule has 7 heteroatoms. The summed E-state index contributed by atoms with van der Waals surface area (Å²) in [6, 6.07) is 6.46. The maximum atomic E-state index is 12.2. The van der Waals surface area contributed by atoms with Gasteiger partial charge in [-0.1, -0.05) is 34.8 Å². The average molecular weight is 336 g/mol. The Bertz CT molecular complexity index is 649. The molecule has 3 nitrogen and oxygen atoms in total. The van der Waals surface area contributed by atoms with Crippen LogP contribution in [0.2, 0.25) is 15.1 Å². The fourth-order valence-electron chi connectivity index (χ4n) is 1.36. The quantitative estimate of drug-likeness (QED) is 0.898. The summed E-state index contributed by atoms with van der Waals surface area (Å²) in [6.07, 6.45) is 1.53. The van der Waals surface area contributed by atoms with Crippen molar-refractivity contribution in [1.82, 2.24) is 4.98 Å². The van der Waals surface area contributed by atoms with Gasteiger partial charge in [-0.05, 0) is 31.2 Å². The van der Waals surface area contributed by atoms with Crippen molar-refractivity contribution in [3.8, 4) is 0 Å². The fraction of sp³-hybridized carbons (Fsp3) is 0.0833. The second-order valence-electron chi connectivity index (χ2n) is 3.73. The number of anilines is 1. The zero-order valence-electron chi connectivity index (χ0n) is 9.78. The molecule has 1 aromatic heterocycles. The summed E-state index contributed by atoms with van der Waals surface area (Å²) in [6.45, 7) is 1.80. The minimum atomic E-state index is -1.46. The Morgan fingerprint density at radius 2 is 1.89 bits per heavy atom. The van der Waals surface area contributed by atoms with Crippen LogP contribution in [0.1, 0.15) is 5.69 Å². The molecule has 1 N–H and O–H groups in total. The van der Waals surface area contributed by atoms with E-state index in [1.54, 1.807) is 31.2 Å². The maximum Gasteiger partial charge on any atom is 0.150 e. The number of nitrogens with zero attached hydrogens (tertiary/aromatic N) is 1. The largest absolute Gasteiger partial charge is 0.299 e. The molecule has 0 fully saturated rings. The van der Waals surface area contributed by atoms with Crippen molar-refractivity contribution in [3.63, 3.8) is 0 Å². The number of aryl methyl sites for hydroxylation is 1. The van der Waals surface area contributed by atoms with E-state index in [-0.39, 0.29) is 0 Å². The third-order valence-corrected chi connectivity index (χ3v) is 4.39. The Morgan fingerprint density at radius 1 is 1.16 bits per heavy atom. The predicted molar refractivity (Wildman–Crippen MR) is 80.5 cm³/mol. The molecule has 0 spiro atoms. The number of benzene rings is 1. The molecule has 1 unspecified atom stereocenters. The summed E-state index contributed by atoms with van der Waals surface area (Å²) >= 11 is 17.6. The first-order chi connectivity index (χ1) is 8.97. The summed E-state index contributed by atoms with van der Waals surface area (Å²) in [7, 11) is -1.46. The van der Waals surface area contributed by atoms with Crippen molar-refractivity contribution in [2.45, 2.75) is 11.8 Å². The van der Waals surface area contributed by atoms with Gasteiger partial charge in [-0.2, -0.15) is 0 Å². The topological polar surface area (TPSA) is 42.0 Å². The molecular formula is C12H9Cl3N2OS. The monoisotopic (exact) mass is 334 g/mol. The van der Waals surface area contributed by atoms with Gasteiger partial charge in [0.1, 0.15) is 11.0 Å². The van der Waals surface area contributed by atoms with E-state index < -0.39 is 11.0 Å². The lowest BCUT2D eigenvalue weighted by Crippen LogP contribution is -2.06. The second-order valence-corrected chi connectivity index (χ2v) is 6.20. The van der Waals surface area contributed by atoms with Gasteiger partial charge in [0, 0.05) is 6.20 Å². The van der Waals surface area contributed by atoms with Crippen molar-refractivity contribution >= 4 is 51.5 Å². The van der Waals surface area contributed by atoms with Gasteiger partial charge in [0.15, 0.2) is 0 Å². The number of pyridine rings is 1.